The second kappa shape index (κ2) is 6.49. The van der Waals surface area contributed by atoms with Gasteiger partial charge in [-0.1, -0.05) is 20.8 Å². The summed E-state index contributed by atoms with van der Waals surface area (Å²) < 4.78 is 5.49. The van der Waals surface area contributed by atoms with Crippen LogP contribution in [-0.4, -0.2) is 23.4 Å². The van der Waals surface area contributed by atoms with Crippen molar-refractivity contribution in [2.45, 2.75) is 77.4 Å². The predicted molar refractivity (Wildman–Crippen MR) is 65.1 cm³/mol. The second-order valence-corrected chi connectivity index (χ2v) is 4.79. The topological polar surface area (TPSA) is 29.5 Å². The molecule has 2 nitrogen and oxygen atoms in total. The fraction of sp³-hybridized carbons (Fsp3) is 1.00. The van der Waals surface area contributed by atoms with Crippen LogP contribution in [0.25, 0.3) is 0 Å². The molecule has 0 aromatic rings. The Labute approximate surface area is 95.0 Å². The van der Waals surface area contributed by atoms with E-state index in [1.54, 1.807) is 7.11 Å². The molecule has 0 saturated heterocycles. The molecule has 0 aliphatic carbocycles. The van der Waals surface area contributed by atoms with Crippen LogP contribution < -0.4 is 0 Å². The normalized spacial score (nSPS) is 16.4. The number of hydrogen-bond donors (Lipinski definition) is 1. The average Bonchev–Trinajstić information content (AvgIpc) is 2.28. The number of aliphatic hydroxyl groups is 1. The van der Waals surface area contributed by atoms with Gasteiger partial charge in [-0.2, -0.15) is 0 Å². The van der Waals surface area contributed by atoms with Gasteiger partial charge in [0, 0.05) is 7.11 Å². The van der Waals surface area contributed by atoms with E-state index in [-0.39, 0.29) is 5.60 Å². The first-order valence-electron chi connectivity index (χ1n) is 6.23. The van der Waals surface area contributed by atoms with E-state index in [1.807, 2.05) is 0 Å². The lowest BCUT2D eigenvalue weighted by Crippen LogP contribution is -2.30. The van der Waals surface area contributed by atoms with Crippen molar-refractivity contribution in [1.82, 2.24) is 0 Å². The smallest absolute Gasteiger partial charge is 0.0648 e. The third-order valence-corrected chi connectivity index (χ3v) is 3.90. The first kappa shape index (κ1) is 14.9. The number of methoxy groups -OCH3 is 1. The van der Waals surface area contributed by atoms with E-state index in [0.29, 0.717) is 0 Å². The Morgan fingerprint density at radius 3 is 1.87 bits per heavy atom. The fourth-order valence-electron chi connectivity index (χ4n) is 1.82. The summed E-state index contributed by atoms with van der Waals surface area (Å²) in [5, 5.41) is 10.1. The zero-order chi connectivity index (χ0) is 11.9. The summed E-state index contributed by atoms with van der Waals surface area (Å²) in [5.41, 5.74) is -0.467. The molecule has 0 radical (unpaired) electrons. The van der Waals surface area contributed by atoms with Crippen molar-refractivity contribution in [3.63, 3.8) is 0 Å². The minimum atomic E-state index is -0.456. The lowest BCUT2D eigenvalue weighted by atomic mass is 9.87. The number of rotatable bonds is 8. The molecular formula is C13H28O2. The van der Waals surface area contributed by atoms with Gasteiger partial charge < -0.3 is 9.84 Å². The first-order chi connectivity index (χ1) is 6.95. The second-order valence-electron chi connectivity index (χ2n) is 4.79. The van der Waals surface area contributed by atoms with Crippen molar-refractivity contribution in [2.75, 3.05) is 7.11 Å². The molecule has 1 unspecified atom stereocenters. The maximum Gasteiger partial charge on any atom is 0.0648 e. The molecule has 0 aromatic heterocycles. The first-order valence-corrected chi connectivity index (χ1v) is 6.23. The molecule has 0 rings (SSSR count). The molecule has 15 heavy (non-hydrogen) atoms. The Hall–Kier alpha value is -0.0800. The predicted octanol–water partition coefficient (Wildman–Crippen LogP) is 3.52. The Morgan fingerprint density at radius 2 is 1.53 bits per heavy atom. The Kier molecular flexibility index (Phi) is 6.46. The van der Waals surface area contributed by atoms with Crippen molar-refractivity contribution in [1.29, 1.82) is 0 Å². The Balaban J connectivity index is 3.96. The van der Waals surface area contributed by atoms with Crippen LogP contribution in [-0.2, 0) is 4.74 Å². The summed E-state index contributed by atoms with van der Waals surface area (Å²) in [5.74, 6) is 0. The highest BCUT2D eigenvalue weighted by Gasteiger charge is 2.25. The Bertz CT molecular complexity index is 140. The van der Waals surface area contributed by atoms with Crippen LogP contribution >= 0.6 is 0 Å². The molecule has 1 atom stereocenters. The van der Waals surface area contributed by atoms with Gasteiger partial charge in [-0.15, -0.1) is 0 Å². The molecule has 0 aromatic carbocycles. The van der Waals surface area contributed by atoms with Crippen molar-refractivity contribution >= 4 is 0 Å². The minimum Gasteiger partial charge on any atom is -0.390 e. The highest BCUT2D eigenvalue weighted by Crippen LogP contribution is 2.27. The lowest BCUT2D eigenvalue weighted by Gasteiger charge is -2.30. The van der Waals surface area contributed by atoms with Crippen molar-refractivity contribution in [3.8, 4) is 0 Å². The van der Waals surface area contributed by atoms with Crippen molar-refractivity contribution in [3.05, 3.63) is 0 Å². The van der Waals surface area contributed by atoms with Crippen LogP contribution in [0.3, 0.4) is 0 Å². The zero-order valence-electron chi connectivity index (χ0n) is 11.1. The van der Waals surface area contributed by atoms with Crippen molar-refractivity contribution < 1.29 is 9.84 Å². The molecule has 0 saturated carbocycles. The van der Waals surface area contributed by atoms with Crippen LogP contribution in [0.2, 0.25) is 0 Å². The molecule has 0 fully saturated rings. The van der Waals surface area contributed by atoms with Crippen LogP contribution in [0.15, 0.2) is 0 Å². The van der Waals surface area contributed by atoms with E-state index >= 15 is 0 Å². The van der Waals surface area contributed by atoms with Gasteiger partial charge in [-0.25, -0.2) is 0 Å². The van der Waals surface area contributed by atoms with Gasteiger partial charge in [0.15, 0.2) is 0 Å². The SMILES string of the molecule is CCC(O)(CC)CCCC(C)(CC)OC. The third-order valence-electron chi connectivity index (χ3n) is 3.90. The molecule has 92 valence electrons. The van der Waals surface area contributed by atoms with Crippen LogP contribution in [0.5, 0.6) is 0 Å². The van der Waals surface area contributed by atoms with Gasteiger partial charge >= 0.3 is 0 Å². The van der Waals surface area contributed by atoms with E-state index in [2.05, 4.69) is 27.7 Å². The zero-order valence-corrected chi connectivity index (χ0v) is 11.1. The highest BCUT2D eigenvalue weighted by molar-refractivity contribution is 4.78. The van der Waals surface area contributed by atoms with E-state index in [1.165, 1.54) is 0 Å². The van der Waals surface area contributed by atoms with Gasteiger partial charge in [-0.05, 0) is 45.4 Å². The monoisotopic (exact) mass is 216 g/mol. The van der Waals surface area contributed by atoms with E-state index in [0.717, 1.165) is 38.5 Å². The molecular weight excluding hydrogens is 188 g/mol. The van der Waals surface area contributed by atoms with Crippen molar-refractivity contribution in [2.24, 2.45) is 0 Å². The van der Waals surface area contributed by atoms with Crippen LogP contribution in [0.4, 0.5) is 0 Å². The summed E-state index contributed by atoms with van der Waals surface area (Å²) >= 11 is 0. The van der Waals surface area contributed by atoms with Gasteiger partial charge in [0.05, 0.1) is 11.2 Å². The van der Waals surface area contributed by atoms with E-state index < -0.39 is 5.60 Å². The maximum atomic E-state index is 10.1. The molecule has 1 N–H and O–H groups in total. The Morgan fingerprint density at radius 1 is 1.00 bits per heavy atom. The van der Waals surface area contributed by atoms with Crippen LogP contribution in [0, 0.1) is 0 Å². The summed E-state index contributed by atoms with van der Waals surface area (Å²) in [7, 11) is 1.77. The average molecular weight is 216 g/mol. The third kappa shape index (κ3) is 4.98. The molecule has 0 amide bonds. The maximum absolute atomic E-state index is 10.1. The molecule has 0 bridgehead atoms. The summed E-state index contributed by atoms with van der Waals surface area (Å²) in [4.78, 5) is 0. The molecule has 0 aliphatic heterocycles. The van der Waals surface area contributed by atoms with E-state index in [9.17, 15) is 5.11 Å². The quantitative estimate of drug-likeness (QED) is 0.672. The van der Waals surface area contributed by atoms with Gasteiger partial charge in [0.1, 0.15) is 0 Å². The van der Waals surface area contributed by atoms with Crippen LogP contribution in [0.1, 0.15) is 66.2 Å². The van der Waals surface area contributed by atoms with Gasteiger partial charge in [-0.3, -0.25) is 0 Å². The van der Waals surface area contributed by atoms with Gasteiger partial charge in [0.25, 0.3) is 0 Å². The standard InChI is InChI=1S/C13H28O2/c1-6-12(4,15-5)10-9-11-13(14,7-2)8-3/h14H,6-11H2,1-5H3. The molecule has 0 heterocycles. The lowest BCUT2D eigenvalue weighted by molar-refractivity contribution is -0.0197. The largest absolute Gasteiger partial charge is 0.390 e. The van der Waals surface area contributed by atoms with E-state index in [4.69, 9.17) is 4.74 Å². The highest BCUT2D eigenvalue weighted by atomic mass is 16.5. The molecule has 0 aliphatic rings. The number of hydrogen-bond acceptors (Lipinski definition) is 2. The fourth-order valence-corrected chi connectivity index (χ4v) is 1.82. The molecule has 0 spiro atoms. The number of ether oxygens (including phenoxy) is 1. The minimum absolute atomic E-state index is 0.0115. The summed E-state index contributed by atoms with van der Waals surface area (Å²) in [6.45, 7) is 8.40. The summed E-state index contributed by atoms with van der Waals surface area (Å²) in [6.07, 6.45) is 5.68. The summed E-state index contributed by atoms with van der Waals surface area (Å²) in [6, 6.07) is 0. The van der Waals surface area contributed by atoms with Gasteiger partial charge in [0.2, 0.25) is 0 Å². The molecule has 2 heteroatoms.